The van der Waals surface area contributed by atoms with Crippen LogP contribution in [0.5, 0.6) is 0 Å². The third kappa shape index (κ3) is 5.40. The standard InChI is InChI=1S/C21H24BFN10O10P2/c1-37-13-7-2-38-44(22)42-12-8(40-19(9(12)23)32-5-28-10-15(24)26-4-27-16(10)32)3-39-45(35,36)43-14(13)20(41-7)33-6-29-11-17(33)30-21(25)31-18(11)34/h4-9,12-14,19-20H,2-3H2,1H3,(H,35,36)(H2,24,26,27)(H3,25,30,31,34)/t7?,8?,9?,12?,13?,14?,19?,20?,44-/m1/s1. The lowest BCUT2D eigenvalue weighted by atomic mass is 10.1. The number of nitrogens with two attached hydrogens (primary N) is 2. The molecule has 6 N–H and O–H groups in total. The summed E-state index contributed by atoms with van der Waals surface area (Å²) in [5.74, 6) is -0.127. The van der Waals surface area contributed by atoms with Gasteiger partial charge in [-0.1, -0.05) is 0 Å². The van der Waals surface area contributed by atoms with Gasteiger partial charge in [0.05, 0.1) is 25.9 Å². The highest BCUT2D eigenvalue weighted by Crippen LogP contribution is 2.52. The van der Waals surface area contributed by atoms with Crippen molar-refractivity contribution < 1.29 is 46.2 Å². The number of rotatable bonds is 3. The Morgan fingerprint density at radius 2 is 1.82 bits per heavy atom. The van der Waals surface area contributed by atoms with Crippen LogP contribution in [0.4, 0.5) is 16.2 Å². The molecule has 4 aromatic heterocycles. The summed E-state index contributed by atoms with van der Waals surface area (Å²) in [4.78, 5) is 45.8. The second-order valence-corrected chi connectivity index (χ2v) is 12.6. The maximum atomic E-state index is 16.0. The lowest BCUT2D eigenvalue weighted by Crippen LogP contribution is -2.37. The molecule has 238 valence electrons. The second-order valence-electron chi connectivity index (χ2n) is 10.1. The monoisotopic (exact) mass is 668 g/mol. The van der Waals surface area contributed by atoms with Crippen LogP contribution in [-0.2, 0) is 36.9 Å². The molecule has 4 aromatic rings. The van der Waals surface area contributed by atoms with Crippen LogP contribution in [-0.4, -0.2) is 109 Å². The predicted molar refractivity (Wildman–Crippen MR) is 150 cm³/mol. The van der Waals surface area contributed by atoms with Crippen LogP contribution >= 0.6 is 16.1 Å². The molecule has 2 radical (unpaired) electrons. The van der Waals surface area contributed by atoms with Crippen LogP contribution in [0.25, 0.3) is 22.3 Å². The summed E-state index contributed by atoms with van der Waals surface area (Å²) in [6.07, 6.45) is -6.88. The van der Waals surface area contributed by atoms with Crippen molar-refractivity contribution in [3.8, 4) is 0 Å². The van der Waals surface area contributed by atoms with Gasteiger partial charge >= 0.3 is 7.82 Å². The van der Waals surface area contributed by atoms with Gasteiger partial charge in [0, 0.05) is 7.11 Å². The summed E-state index contributed by atoms with van der Waals surface area (Å²) in [6, 6.07) is 0. The Bertz CT molecular complexity index is 1850. The molecule has 20 nitrogen and oxygen atoms in total. The minimum Gasteiger partial charge on any atom is -0.382 e. The maximum absolute atomic E-state index is 16.0. The van der Waals surface area contributed by atoms with E-state index in [-0.39, 0.29) is 40.7 Å². The lowest BCUT2D eigenvalue weighted by molar-refractivity contribution is -0.0614. The van der Waals surface area contributed by atoms with Crippen molar-refractivity contribution in [3.05, 3.63) is 29.3 Å². The molecule has 9 unspecified atom stereocenters. The Kier molecular flexibility index (Phi) is 7.84. The Morgan fingerprint density at radius 3 is 2.60 bits per heavy atom. The number of alkyl halides is 1. The number of anilines is 2. The van der Waals surface area contributed by atoms with Crippen LogP contribution in [0.1, 0.15) is 12.5 Å². The summed E-state index contributed by atoms with van der Waals surface area (Å²) in [7, 11) is 0.227. The number of nitrogens with one attached hydrogen (secondary N) is 1. The van der Waals surface area contributed by atoms with Gasteiger partial charge < -0.3 is 39.6 Å². The van der Waals surface area contributed by atoms with Gasteiger partial charge in [-0.2, -0.15) is 4.98 Å². The molecular weight excluding hydrogens is 644 g/mol. The van der Waals surface area contributed by atoms with Crippen molar-refractivity contribution in [1.29, 1.82) is 0 Å². The SMILES string of the molecule is [B][P@]1OCC2OC(n3cnc4c(=O)[nH]c(N)nc43)C(OP(=O)(O)OCC3OC(n4cnc5c(N)ncnc54)C(F)C3O1)C2OC. The number of hydrogen-bond donors (Lipinski definition) is 4. The number of H-pyrrole nitrogens is 1. The van der Waals surface area contributed by atoms with E-state index in [0.717, 1.165) is 0 Å². The topological polar surface area (TPSA) is 261 Å². The molecule has 2 bridgehead atoms. The van der Waals surface area contributed by atoms with Gasteiger partial charge in [-0.15, -0.1) is 0 Å². The van der Waals surface area contributed by atoms with Gasteiger partial charge in [0.1, 0.15) is 50.6 Å². The first kappa shape index (κ1) is 30.5. The number of aromatic amines is 1. The van der Waals surface area contributed by atoms with E-state index >= 15 is 4.39 Å². The molecule has 10 atom stereocenters. The van der Waals surface area contributed by atoms with E-state index < -0.39 is 77.4 Å². The minimum atomic E-state index is -4.97. The molecule has 0 aromatic carbocycles. The zero-order chi connectivity index (χ0) is 31.6. The summed E-state index contributed by atoms with van der Waals surface area (Å²) in [6.45, 7) is -0.958. The van der Waals surface area contributed by atoms with Crippen LogP contribution in [0, 0.1) is 0 Å². The molecule has 7 rings (SSSR count). The first-order valence-electron chi connectivity index (χ1n) is 13.2. The minimum absolute atomic E-state index is 0.00627. The number of hydrogen-bond acceptors (Lipinski definition) is 16. The normalized spacial score (nSPS) is 36.0. The van der Waals surface area contributed by atoms with Crippen LogP contribution in [0.2, 0.25) is 0 Å². The average molecular weight is 668 g/mol. The molecule has 3 aliphatic rings. The van der Waals surface area contributed by atoms with Crippen molar-refractivity contribution in [2.45, 2.75) is 49.1 Å². The highest BCUT2D eigenvalue weighted by Gasteiger charge is 2.53. The van der Waals surface area contributed by atoms with E-state index in [1.165, 1.54) is 35.2 Å². The number of halogens is 1. The molecule has 3 fully saturated rings. The second kappa shape index (κ2) is 11.6. The molecule has 3 aliphatic heterocycles. The summed E-state index contributed by atoms with van der Waals surface area (Å²) < 4.78 is 71.8. The Labute approximate surface area is 253 Å². The summed E-state index contributed by atoms with van der Waals surface area (Å²) >= 11 is 0. The van der Waals surface area contributed by atoms with Crippen molar-refractivity contribution >= 4 is 57.7 Å². The van der Waals surface area contributed by atoms with Crippen molar-refractivity contribution in [2.24, 2.45) is 0 Å². The van der Waals surface area contributed by atoms with Gasteiger partial charge in [0.15, 0.2) is 48.8 Å². The smallest absolute Gasteiger partial charge is 0.382 e. The van der Waals surface area contributed by atoms with Crippen LogP contribution in [0.3, 0.4) is 0 Å². The number of imidazole rings is 2. The Morgan fingerprint density at radius 1 is 1.09 bits per heavy atom. The summed E-state index contributed by atoms with van der Waals surface area (Å²) in [5.41, 5.74) is 11.3. The third-order valence-corrected chi connectivity index (χ3v) is 9.30. The number of phosphoric acid groups is 1. The predicted octanol–water partition coefficient (Wildman–Crippen LogP) is -0.415. The number of nitrogens with zero attached hydrogens (tertiary/aromatic N) is 7. The number of fused-ring (bicyclic) bond motifs is 5. The van der Waals surface area contributed by atoms with E-state index in [1.807, 2.05) is 0 Å². The third-order valence-electron chi connectivity index (χ3n) is 7.46. The average Bonchev–Trinajstić information content (AvgIpc) is 3.75. The molecule has 45 heavy (non-hydrogen) atoms. The van der Waals surface area contributed by atoms with E-state index in [4.69, 9.17) is 51.3 Å². The van der Waals surface area contributed by atoms with E-state index in [2.05, 4.69) is 29.9 Å². The number of nitrogen functional groups attached to an aromatic ring is 2. The fraction of sp³-hybridized carbons (Fsp3) is 0.524. The zero-order valence-electron chi connectivity index (χ0n) is 23.0. The number of ether oxygens (including phenoxy) is 3. The maximum Gasteiger partial charge on any atom is 0.472 e. The molecule has 7 heterocycles. The highest BCUT2D eigenvalue weighted by molar-refractivity contribution is 7.74. The first-order chi connectivity index (χ1) is 21.5. The van der Waals surface area contributed by atoms with Gasteiger partial charge in [-0.3, -0.25) is 28.0 Å². The van der Waals surface area contributed by atoms with Crippen LogP contribution < -0.4 is 17.0 Å². The highest BCUT2D eigenvalue weighted by atomic mass is 31.2. The molecule has 24 heteroatoms. The van der Waals surface area contributed by atoms with Crippen molar-refractivity contribution in [2.75, 3.05) is 31.8 Å². The molecule has 0 amide bonds. The first-order valence-corrected chi connectivity index (χ1v) is 15.9. The van der Waals surface area contributed by atoms with Gasteiger partial charge in [0.2, 0.25) is 5.95 Å². The van der Waals surface area contributed by atoms with E-state index in [1.54, 1.807) is 0 Å². The van der Waals surface area contributed by atoms with Crippen molar-refractivity contribution in [3.63, 3.8) is 0 Å². The Balaban J connectivity index is 1.19. The fourth-order valence-electron chi connectivity index (χ4n) is 5.48. The van der Waals surface area contributed by atoms with Gasteiger partial charge in [-0.25, -0.2) is 28.9 Å². The molecule has 3 saturated heterocycles. The lowest BCUT2D eigenvalue weighted by Gasteiger charge is -2.26. The number of methoxy groups -OCH3 is 1. The molecule has 0 spiro atoms. The largest absolute Gasteiger partial charge is 0.472 e. The van der Waals surface area contributed by atoms with Gasteiger partial charge in [-0.05, 0) is 0 Å². The quantitative estimate of drug-likeness (QED) is 0.160. The molecule has 0 saturated carbocycles. The number of aromatic nitrogens is 8. The molecule has 0 aliphatic carbocycles. The van der Waals surface area contributed by atoms with E-state index in [0.29, 0.717) is 0 Å². The van der Waals surface area contributed by atoms with Crippen molar-refractivity contribution in [1.82, 2.24) is 39.0 Å². The van der Waals surface area contributed by atoms with E-state index in [9.17, 15) is 14.3 Å². The zero-order valence-corrected chi connectivity index (χ0v) is 24.8. The van der Waals surface area contributed by atoms with Gasteiger partial charge in [0.25, 0.3) is 5.56 Å². The Hall–Kier alpha value is -3.17. The van der Waals surface area contributed by atoms with Crippen LogP contribution in [0.15, 0.2) is 23.8 Å². The number of phosphoric ester groups is 1. The fourth-order valence-corrected chi connectivity index (χ4v) is 7.25. The summed E-state index contributed by atoms with van der Waals surface area (Å²) in [5, 5.41) is 0. The molecular formula is C21H24BFN10O10P2.